The maximum absolute atomic E-state index is 12.8. The van der Waals surface area contributed by atoms with Crippen molar-refractivity contribution >= 4 is 17.6 Å². The standard InChI is InChI=1S/C14H15FN4O4/c1-9(8-18-10(2)16-7-13(18)19(21)22)23-14(20)17-12-5-3-11(15)4-6-12/h3-7,9H,8H2,1-2H3,(H,17,20). The number of imidazole rings is 1. The number of ether oxygens (including phenoxy) is 1. The first kappa shape index (κ1) is 16.4. The van der Waals surface area contributed by atoms with Gasteiger partial charge >= 0.3 is 11.9 Å². The topological polar surface area (TPSA) is 99.3 Å². The Morgan fingerprint density at radius 1 is 1.48 bits per heavy atom. The molecule has 122 valence electrons. The van der Waals surface area contributed by atoms with Crippen LogP contribution in [0.3, 0.4) is 0 Å². The molecule has 9 heteroatoms. The lowest BCUT2D eigenvalue weighted by Crippen LogP contribution is -2.25. The van der Waals surface area contributed by atoms with E-state index in [4.69, 9.17) is 4.74 Å². The Hall–Kier alpha value is -2.97. The highest BCUT2D eigenvalue weighted by Crippen LogP contribution is 2.15. The van der Waals surface area contributed by atoms with Gasteiger partial charge in [-0.1, -0.05) is 0 Å². The second-order valence-electron chi connectivity index (χ2n) is 4.88. The molecule has 23 heavy (non-hydrogen) atoms. The van der Waals surface area contributed by atoms with Gasteiger partial charge in [0.1, 0.15) is 24.7 Å². The minimum Gasteiger partial charge on any atom is -0.442 e. The maximum Gasteiger partial charge on any atom is 0.412 e. The minimum atomic E-state index is -0.732. The van der Waals surface area contributed by atoms with E-state index in [-0.39, 0.29) is 12.4 Å². The quantitative estimate of drug-likeness (QED) is 0.674. The van der Waals surface area contributed by atoms with Crippen LogP contribution >= 0.6 is 0 Å². The molecule has 0 bridgehead atoms. The molecule has 8 nitrogen and oxygen atoms in total. The van der Waals surface area contributed by atoms with Gasteiger partial charge in [0.05, 0.1) is 0 Å². The molecule has 1 N–H and O–H groups in total. The van der Waals surface area contributed by atoms with E-state index in [1.807, 2.05) is 0 Å². The fraction of sp³-hybridized carbons (Fsp3) is 0.286. The van der Waals surface area contributed by atoms with Crippen LogP contribution in [0.5, 0.6) is 0 Å². The van der Waals surface area contributed by atoms with Gasteiger partial charge < -0.3 is 14.9 Å². The number of hydrogen-bond acceptors (Lipinski definition) is 5. The summed E-state index contributed by atoms with van der Waals surface area (Å²) in [7, 11) is 0. The number of nitrogens with one attached hydrogen (secondary N) is 1. The van der Waals surface area contributed by atoms with Crippen molar-refractivity contribution < 1.29 is 18.8 Å². The molecule has 0 radical (unpaired) electrons. The number of rotatable bonds is 5. The highest BCUT2D eigenvalue weighted by Gasteiger charge is 2.21. The monoisotopic (exact) mass is 322 g/mol. The molecule has 1 heterocycles. The Bertz CT molecular complexity index is 714. The van der Waals surface area contributed by atoms with E-state index in [1.165, 1.54) is 28.8 Å². The number of nitrogens with zero attached hydrogens (tertiary/aromatic N) is 3. The third-order valence-corrected chi connectivity index (χ3v) is 3.06. The number of halogens is 1. The van der Waals surface area contributed by atoms with Crippen LogP contribution in [0.4, 0.5) is 20.7 Å². The van der Waals surface area contributed by atoms with Crippen LogP contribution in [0, 0.1) is 22.9 Å². The fourth-order valence-corrected chi connectivity index (χ4v) is 1.99. The number of carbonyl (C=O) groups excluding carboxylic acids is 1. The summed E-state index contributed by atoms with van der Waals surface area (Å²) < 4.78 is 19.3. The van der Waals surface area contributed by atoms with Gasteiger partial charge in [-0.15, -0.1) is 0 Å². The Balaban J connectivity index is 1.95. The molecule has 1 amide bonds. The summed E-state index contributed by atoms with van der Waals surface area (Å²) in [6.07, 6.45) is -0.202. The molecule has 0 aliphatic rings. The molecule has 1 unspecified atom stereocenters. The summed E-state index contributed by atoms with van der Waals surface area (Å²) in [5.41, 5.74) is 0.383. The zero-order chi connectivity index (χ0) is 17.0. The third kappa shape index (κ3) is 4.25. The molecule has 1 atom stereocenters. The zero-order valence-electron chi connectivity index (χ0n) is 12.5. The molecule has 0 fully saturated rings. The predicted octanol–water partition coefficient (Wildman–Crippen LogP) is 2.88. The molecule has 2 aromatic rings. The van der Waals surface area contributed by atoms with E-state index >= 15 is 0 Å². The van der Waals surface area contributed by atoms with Gasteiger partial charge in [-0.25, -0.2) is 18.7 Å². The van der Waals surface area contributed by atoms with Crippen LogP contribution in [0.1, 0.15) is 12.7 Å². The summed E-state index contributed by atoms with van der Waals surface area (Å²) in [5, 5.41) is 13.3. The SMILES string of the molecule is Cc1ncc([N+](=O)[O-])n1CC(C)OC(=O)Nc1ccc(F)cc1. The first-order valence-electron chi connectivity index (χ1n) is 6.76. The number of hydrogen-bond donors (Lipinski definition) is 1. The zero-order valence-corrected chi connectivity index (χ0v) is 12.5. The van der Waals surface area contributed by atoms with Crippen LogP contribution in [0.2, 0.25) is 0 Å². The summed E-state index contributed by atoms with van der Waals surface area (Å²) in [6.45, 7) is 3.32. The minimum absolute atomic E-state index is 0.0962. The van der Waals surface area contributed by atoms with Crippen molar-refractivity contribution in [1.29, 1.82) is 0 Å². The molecular formula is C14H15FN4O4. The number of anilines is 1. The van der Waals surface area contributed by atoms with Crippen LogP contribution < -0.4 is 5.32 Å². The summed E-state index contributed by atoms with van der Waals surface area (Å²) in [4.78, 5) is 26.0. The predicted molar refractivity (Wildman–Crippen MR) is 79.6 cm³/mol. The highest BCUT2D eigenvalue weighted by molar-refractivity contribution is 5.84. The maximum atomic E-state index is 12.8. The Morgan fingerprint density at radius 3 is 2.74 bits per heavy atom. The summed E-state index contributed by atoms with van der Waals surface area (Å²) in [5.74, 6) is -0.136. The largest absolute Gasteiger partial charge is 0.442 e. The number of carbonyl (C=O) groups is 1. The van der Waals surface area contributed by atoms with Gasteiger partial charge in [-0.05, 0) is 36.1 Å². The van der Waals surface area contributed by atoms with E-state index in [9.17, 15) is 19.3 Å². The van der Waals surface area contributed by atoms with Gasteiger partial charge in [0.25, 0.3) is 0 Å². The fourth-order valence-electron chi connectivity index (χ4n) is 1.99. The lowest BCUT2D eigenvalue weighted by atomic mass is 10.3. The van der Waals surface area contributed by atoms with E-state index < -0.39 is 22.9 Å². The van der Waals surface area contributed by atoms with Gasteiger partial charge in [-0.2, -0.15) is 0 Å². The number of nitro groups is 1. The molecule has 0 spiro atoms. The molecule has 0 aliphatic carbocycles. The Kier molecular flexibility index (Phi) is 4.89. The highest BCUT2D eigenvalue weighted by atomic mass is 19.1. The number of amides is 1. The van der Waals surface area contributed by atoms with Crippen LogP contribution in [-0.4, -0.2) is 26.7 Å². The number of aryl methyl sites for hydroxylation is 1. The molecule has 1 aromatic carbocycles. The van der Waals surface area contributed by atoms with E-state index in [0.29, 0.717) is 11.5 Å². The van der Waals surface area contributed by atoms with Crippen molar-refractivity contribution in [3.8, 4) is 0 Å². The van der Waals surface area contributed by atoms with Crippen molar-refractivity contribution in [2.24, 2.45) is 0 Å². The second-order valence-corrected chi connectivity index (χ2v) is 4.88. The van der Waals surface area contributed by atoms with Gasteiger partial charge in [-0.3, -0.25) is 5.32 Å². The number of benzene rings is 1. The van der Waals surface area contributed by atoms with Crippen molar-refractivity contribution in [3.05, 3.63) is 52.2 Å². The van der Waals surface area contributed by atoms with Crippen molar-refractivity contribution in [2.75, 3.05) is 5.32 Å². The van der Waals surface area contributed by atoms with Crippen molar-refractivity contribution in [2.45, 2.75) is 26.5 Å². The van der Waals surface area contributed by atoms with E-state index in [1.54, 1.807) is 13.8 Å². The molecular weight excluding hydrogens is 307 g/mol. The molecule has 2 rings (SSSR count). The molecule has 0 saturated heterocycles. The summed E-state index contributed by atoms with van der Waals surface area (Å²) in [6, 6.07) is 5.20. The number of aromatic nitrogens is 2. The van der Waals surface area contributed by atoms with E-state index in [0.717, 1.165) is 6.20 Å². The van der Waals surface area contributed by atoms with Gasteiger partial charge in [0.15, 0.2) is 5.82 Å². The lowest BCUT2D eigenvalue weighted by Gasteiger charge is -2.13. The molecule has 0 aliphatic heterocycles. The second kappa shape index (κ2) is 6.86. The Labute approximate surface area is 131 Å². The van der Waals surface area contributed by atoms with Crippen molar-refractivity contribution in [3.63, 3.8) is 0 Å². The summed E-state index contributed by atoms with van der Waals surface area (Å²) >= 11 is 0. The van der Waals surface area contributed by atoms with E-state index in [2.05, 4.69) is 10.3 Å². The average molecular weight is 322 g/mol. The normalized spacial score (nSPS) is 11.8. The van der Waals surface area contributed by atoms with Gasteiger partial charge in [0, 0.05) is 12.6 Å². The lowest BCUT2D eigenvalue weighted by molar-refractivity contribution is -0.392. The molecule has 0 saturated carbocycles. The first-order chi connectivity index (χ1) is 10.9. The average Bonchev–Trinajstić information content (AvgIpc) is 2.82. The van der Waals surface area contributed by atoms with Crippen LogP contribution in [0.25, 0.3) is 0 Å². The van der Waals surface area contributed by atoms with Crippen LogP contribution in [-0.2, 0) is 11.3 Å². The first-order valence-corrected chi connectivity index (χ1v) is 6.76. The molecule has 1 aromatic heterocycles. The third-order valence-electron chi connectivity index (χ3n) is 3.06. The van der Waals surface area contributed by atoms with Crippen molar-refractivity contribution in [1.82, 2.24) is 9.55 Å². The van der Waals surface area contributed by atoms with Gasteiger partial charge in [0.2, 0.25) is 0 Å². The van der Waals surface area contributed by atoms with Crippen LogP contribution in [0.15, 0.2) is 30.5 Å². The Morgan fingerprint density at radius 2 is 2.13 bits per heavy atom. The smallest absolute Gasteiger partial charge is 0.412 e.